The number of nitrogens with one attached hydrogen (secondary N) is 1. The minimum atomic E-state index is -5.08. The molecule has 1 saturated heterocycles. The van der Waals surface area contributed by atoms with Gasteiger partial charge in [-0.1, -0.05) is 224 Å². The van der Waals surface area contributed by atoms with Crippen molar-refractivity contribution in [1.29, 1.82) is 0 Å². The molecule has 1 rings (SSSR count). The van der Waals surface area contributed by atoms with Crippen molar-refractivity contribution in [2.24, 2.45) is 0 Å². The van der Waals surface area contributed by atoms with Crippen molar-refractivity contribution in [3.05, 3.63) is 24.3 Å². The molecule has 0 spiro atoms. The molecule has 0 aromatic carbocycles. The molecule has 7 unspecified atom stereocenters. The highest BCUT2D eigenvalue weighted by atomic mass is 32.3. The molecule has 0 aromatic heterocycles. The monoisotopic (exact) mass is 946 g/mol. The van der Waals surface area contributed by atoms with Gasteiger partial charge in [0.2, 0.25) is 5.91 Å². The summed E-state index contributed by atoms with van der Waals surface area (Å²) in [6.07, 6.45) is 41.7. The van der Waals surface area contributed by atoms with Crippen molar-refractivity contribution >= 4 is 16.3 Å². The van der Waals surface area contributed by atoms with Gasteiger partial charge in [-0.3, -0.25) is 9.35 Å². The number of allylic oxidation sites excluding steroid dienone is 4. The number of amides is 1. The summed E-state index contributed by atoms with van der Waals surface area (Å²) in [5, 5.41) is 45.0. The molecule has 65 heavy (non-hydrogen) atoms. The average molecular weight is 946 g/mol. The van der Waals surface area contributed by atoms with Crippen molar-refractivity contribution in [3.63, 3.8) is 0 Å². The highest BCUT2D eigenvalue weighted by Gasteiger charge is 2.48. The third-order valence-electron chi connectivity index (χ3n) is 12.8. The molecule has 6 N–H and O–H groups in total. The van der Waals surface area contributed by atoms with E-state index < -0.39 is 59.9 Å². The van der Waals surface area contributed by atoms with Gasteiger partial charge in [-0.05, 0) is 38.5 Å². The molecule has 0 radical (unpaired) electrons. The summed E-state index contributed by atoms with van der Waals surface area (Å²) in [5.41, 5.74) is 0. The molecule has 384 valence electrons. The zero-order valence-corrected chi connectivity index (χ0v) is 42.1. The van der Waals surface area contributed by atoms with Gasteiger partial charge in [-0.15, -0.1) is 0 Å². The maximum Gasteiger partial charge on any atom is 0.397 e. The van der Waals surface area contributed by atoms with Gasteiger partial charge < -0.3 is 35.2 Å². The molecule has 1 amide bonds. The molecule has 1 aliphatic rings. The van der Waals surface area contributed by atoms with Crippen LogP contribution in [-0.4, -0.2) is 95.4 Å². The molecule has 1 heterocycles. The Morgan fingerprint density at radius 3 is 1.46 bits per heavy atom. The average Bonchev–Trinajstić information content (AvgIpc) is 3.28. The van der Waals surface area contributed by atoms with Crippen LogP contribution in [0, 0.1) is 0 Å². The summed E-state index contributed by atoms with van der Waals surface area (Å²) < 4.78 is 47.8. The predicted octanol–water partition coefficient (Wildman–Crippen LogP) is 11.7. The number of ether oxygens (including phenoxy) is 2. The molecule has 0 aliphatic carbocycles. The van der Waals surface area contributed by atoms with Crippen LogP contribution in [0.2, 0.25) is 0 Å². The van der Waals surface area contributed by atoms with E-state index in [0.717, 1.165) is 51.4 Å². The Balaban J connectivity index is 2.41. The standard InChI is InChI=1S/C52H99NO11S/c1-3-5-7-9-11-13-15-17-19-21-23-25-27-29-31-33-35-37-39-41-46(55)45(44-62-52-50(58)51(64-65(59,60)61)49(57)47(43-54)63-52)53-48(56)42-40-38-36-34-32-30-28-26-24-22-20-18-16-14-12-10-8-6-4-2/h12,14,16,18,45-47,49-52,54-55,57-58H,3-11,13,15,17,19-44H2,1-2H3,(H,53,56)(H,59,60,61)/b14-12-,18-16-. The SMILES string of the molecule is CCCCC/C=C\C=C/CCCCCCCCCCCCC(=O)NC(COC1OC(CO)C(O)C(OS(=O)(=O)O)C1O)C(O)CCCCCCCCCCCCCCCCCCCCC. The third kappa shape index (κ3) is 35.4. The van der Waals surface area contributed by atoms with Gasteiger partial charge >= 0.3 is 10.4 Å². The maximum atomic E-state index is 13.1. The van der Waals surface area contributed by atoms with Crippen LogP contribution >= 0.6 is 0 Å². The number of carbonyl (C=O) groups is 1. The zero-order chi connectivity index (χ0) is 47.6. The van der Waals surface area contributed by atoms with Crippen molar-refractivity contribution < 1.29 is 51.8 Å². The summed E-state index contributed by atoms with van der Waals surface area (Å²) in [6, 6.07) is -0.859. The van der Waals surface area contributed by atoms with E-state index in [9.17, 15) is 38.2 Å². The molecule has 0 aromatic rings. The van der Waals surface area contributed by atoms with Crippen LogP contribution in [0.4, 0.5) is 0 Å². The normalized spacial score (nSPS) is 20.3. The van der Waals surface area contributed by atoms with E-state index in [1.165, 1.54) is 161 Å². The van der Waals surface area contributed by atoms with Crippen molar-refractivity contribution in [3.8, 4) is 0 Å². The largest absolute Gasteiger partial charge is 0.397 e. The second kappa shape index (κ2) is 42.7. The van der Waals surface area contributed by atoms with Gasteiger partial charge in [-0.2, -0.15) is 8.42 Å². The lowest BCUT2D eigenvalue weighted by molar-refractivity contribution is -0.298. The second-order valence-corrected chi connectivity index (χ2v) is 19.9. The van der Waals surface area contributed by atoms with Crippen LogP contribution in [0.3, 0.4) is 0 Å². The predicted molar refractivity (Wildman–Crippen MR) is 264 cm³/mol. The van der Waals surface area contributed by atoms with Gasteiger partial charge in [0.15, 0.2) is 6.29 Å². The number of unbranched alkanes of at least 4 members (excludes halogenated alkanes) is 31. The highest BCUT2D eigenvalue weighted by Crippen LogP contribution is 2.26. The molecule has 7 atom stereocenters. The van der Waals surface area contributed by atoms with E-state index in [0.29, 0.717) is 12.8 Å². The zero-order valence-electron chi connectivity index (χ0n) is 41.3. The van der Waals surface area contributed by atoms with Crippen LogP contribution in [0.25, 0.3) is 0 Å². The Bertz CT molecular complexity index is 1250. The Kier molecular flexibility index (Phi) is 40.4. The maximum absolute atomic E-state index is 13.1. The van der Waals surface area contributed by atoms with E-state index in [2.05, 4.69) is 47.7 Å². The molecule has 1 aliphatic heterocycles. The van der Waals surface area contributed by atoms with E-state index in [1.807, 2.05) is 0 Å². The van der Waals surface area contributed by atoms with Crippen LogP contribution in [0.15, 0.2) is 24.3 Å². The Labute approximate surface area is 397 Å². The van der Waals surface area contributed by atoms with Gasteiger partial charge in [0, 0.05) is 6.42 Å². The summed E-state index contributed by atoms with van der Waals surface area (Å²) in [6.45, 7) is 3.45. The number of rotatable bonds is 46. The van der Waals surface area contributed by atoms with E-state index in [1.54, 1.807) is 0 Å². The summed E-state index contributed by atoms with van der Waals surface area (Å²) in [4.78, 5) is 13.1. The molecule has 13 heteroatoms. The van der Waals surface area contributed by atoms with Gasteiger partial charge in [0.05, 0.1) is 25.4 Å². The van der Waals surface area contributed by atoms with Crippen molar-refractivity contribution in [1.82, 2.24) is 5.32 Å². The first-order valence-corrected chi connectivity index (χ1v) is 28.1. The lowest BCUT2D eigenvalue weighted by Crippen LogP contribution is -2.61. The van der Waals surface area contributed by atoms with Crippen LogP contribution in [-0.2, 0) is 28.9 Å². The lowest BCUT2D eigenvalue weighted by atomic mass is 9.99. The van der Waals surface area contributed by atoms with Crippen molar-refractivity contribution in [2.75, 3.05) is 13.2 Å². The first kappa shape index (κ1) is 61.6. The van der Waals surface area contributed by atoms with Gasteiger partial charge in [-0.25, -0.2) is 4.18 Å². The Morgan fingerprint density at radius 2 is 1.02 bits per heavy atom. The molecule has 0 bridgehead atoms. The van der Waals surface area contributed by atoms with Crippen LogP contribution < -0.4 is 5.32 Å². The Morgan fingerprint density at radius 1 is 0.615 bits per heavy atom. The van der Waals surface area contributed by atoms with E-state index >= 15 is 0 Å². The van der Waals surface area contributed by atoms with Gasteiger partial charge in [0.1, 0.15) is 24.4 Å². The number of aliphatic hydroxyl groups is 4. The third-order valence-corrected chi connectivity index (χ3v) is 13.3. The van der Waals surface area contributed by atoms with E-state index in [-0.39, 0.29) is 18.9 Å². The van der Waals surface area contributed by atoms with Crippen molar-refractivity contribution in [2.45, 2.75) is 288 Å². The number of hydrogen-bond acceptors (Lipinski definition) is 10. The number of hydrogen-bond donors (Lipinski definition) is 6. The molecule has 12 nitrogen and oxygen atoms in total. The lowest BCUT2D eigenvalue weighted by Gasteiger charge is -2.41. The van der Waals surface area contributed by atoms with Crippen LogP contribution in [0.1, 0.15) is 245 Å². The van der Waals surface area contributed by atoms with E-state index in [4.69, 9.17) is 9.47 Å². The smallest absolute Gasteiger partial charge is 0.394 e. The quantitative estimate of drug-likeness (QED) is 0.0193. The topological polar surface area (TPSA) is 192 Å². The fourth-order valence-corrected chi connectivity index (χ4v) is 9.14. The summed E-state index contributed by atoms with van der Waals surface area (Å²) >= 11 is 0. The summed E-state index contributed by atoms with van der Waals surface area (Å²) in [5.74, 6) is -0.231. The highest BCUT2D eigenvalue weighted by molar-refractivity contribution is 7.80. The van der Waals surface area contributed by atoms with Gasteiger partial charge in [0.25, 0.3) is 0 Å². The summed E-state index contributed by atoms with van der Waals surface area (Å²) in [7, 11) is -5.08. The fraction of sp³-hybridized carbons (Fsp3) is 0.904. The number of aliphatic hydroxyl groups excluding tert-OH is 4. The molecule has 0 saturated carbocycles. The minimum absolute atomic E-state index is 0.231. The van der Waals surface area contributed by atoms with Crippen LogP contribution in [0.5, 0.6) is 0 Å². The first-order chi connectivity index (χ1) is 31.5. The fourth-order valence-electron chi connectivity index (χ4n) is 8.63. The number of carbonyl (C=O) groups excluding carboxylic acids is 1. The molecular weight excluding hydrogens is 847 g/mol. The molecule has 1 fully saturated rings. The minimum Gasteiger partial charge on any atom is -0.394 e. The first-order valence-electron chi connectivity index (χ1n) is 26.7. The molecular formula is C52H99NO11S. The Hall–Kier alpha value is -1.42. The second-order valence-electron chi connectivity index (χ2n) is 18.8.